The minimum atomic E-state index is -1.57. The third-order valence-corrected chi connectivity index (χ3v) is 18.1. The van der Waals surface area contributed by atoms with Crippen molar-refractivity contribution in [3.8, 4) is 0 Å². The second-order valence-corrected chi connectivity index (χ2v) is 26.4. The quantitative estimate of drug-likeness (QED) is 0.0261. The summed E-state index contributed by atoms with van der Waals surface area (Å²) in [6.07, 6.45) is 86.4. The Kier molecular flexibility index (Phi) is 63.7. The van der Waals surface area contributed by atoms with E-state index in [0.29, 0.717) is 6.42 Å². The van der Waals surface area contributed by atoms with Crippen LogP contribution in [0.15, 0.2) is 60.8 Å². The van der Waals surface area contributed by atoms with Crippen molar-refractivity contribution in [1.82, 2.24) is 5.32 Å². The number of ether oxygens (including phenoxy) is 2. The van der Waals surface area contributed by atoms with Crippen molar-refractivity contribution in [3.05, 3.63) is 60.8 Å². The first-order valence-electron chi connectivity index (χ1n) is 38.0. The molecule has 0 bridgehead atoms. The fraction of sp³-hybridized carbons (Fsp3) is 0.859. The van der Waals surface area contributed by atoms with Crippen molar-refractivity contribution in [3.63, 3.8) is 0 Å². The number of carbonyl (C=O) groups is 1. The van der Waals surface area contributed by atoms with E-state index in [1.807, 2.05) is 6.08 Å². The fourth-order valence-corrected chi connectivity index (χ4v) is 12.1. The van der Waals surface area contributed by atoms with Gasteiger partial charge in [-0.15, -0.1) is 0 Å². The van der Waals surface area contributed by atoms with Crippen LogP contribution >= 0.6 is 0 Å². The van der Waals surface area contributed by atoms with Crippen LogP contribution in [0.5, 0.6) is 0 Å². The van der Waals surface area contributed by atoms with Gasteiger partial charge in [-0.05, 0) is 70.6 Å². The molecule has 1 aliphatic rings. The molecule has 1 amide bonds. The highest BCUT2D eigenvalue weighted by Crippen LogP contribution is 2.24. The zero-order chi connectivity index (χ0) is 62.8. The van der Waals surface area contributed by atoms with E-state index in [0.717, 1.165) is 51.4 Å². The lowest BCUT2D eigenvalue weighted by Gasteiger charge is -2.40. The van der Waals surface area contributed by atoms with Gasteiger partial charge in [0.05, 0.1) is 25.4 Å². The molecule has 87 heavy (non-hydrogen) atoms. The summed E-state index contributed by atoms with van der Waals surface area (Å²) in [6.45, 7) is 3.80. The molecular weight excluding hydrogens is 1080 g/mol. The Labute approximate surface area is 538 Å². The van der Waals surface area contributed by atoms with Gasteiger partial charge in [-0.1, -0.05) is 357 Å². The largest absolute Gasteiger partial charge is 0.394 e. The van der Waals surface area contributed by atoms with E-state index < -0.39 is 49.5 Å². The Balaban J connectivity index is 2.10. The lowest BCUT2D eigenvalue weighted by molar-refractivity contribution is -0.302. The number of aliphatic hydroxyl groups is 5. The lowest BCUT2D eigenvalue weighted by atomic mass is 9.99. The number of hydrogen-bond donors (Lipinski definition) is 6. The van der Waals surface area contributed by atoms with Gasteiger partial charge < -0.3 is 40.3 Å². The molecule has 0 aromatic heterocycles. The Bertz CT molecular complexity index is 1560. The van der Waals surface area contributed by atoms with Gasteiger partial charge in [0, 0.05) is 6.42 Å². The minimum Gasteiger partial charge on any atom is -0.394 e. The van der Waals surface area contributed by atoms with E-state index in [4.69, 9.17) is 9.47 Å². The van der Waals surface area contributed by atoms with Crippen LogP contribution < -0.4 is 5.32 Å². The van der Waals surface area contributed by atoms with Gasteiger partial charge in [-0.3, -0.25) is 4.79 Å². The summed E-state index contributed by atoms with van der Waals surface area (Å²) >= 11 is 0. The number of allylic oxidation sites excluding steroid dienone is 9. The number of rotatable bonds is 67. The van der Waals surface area contributed by atoms with E-state index in [2.05, 4.69) is 67.8 Å². The maximum Gasteiger partial charge on any atom is 0.220 e. The molecule has 7 atom stereocenters. The van der Waals surface area contributed by atoms with Gasteiger partial charge in [0.15, 0.2) is 6.29 Å². The molecule has 9 heteroatoms. The molecule has 6 N–H and O–H groups in total. The van der Waals surface area contributed by atoms with Crippen LogP contribution in [0.4, 0.5) is 0 Å². The SMILES string of the molecule is CCCCCCC/C=C\C/C=C\C/C=C\CCCCCCCCCCCCCCCCCCCCCCC(=O)NC(COC1OC(CO)C(O)C(O)C1O)C(O)/C=C/CC/C=C/CCCCCCCCCCCCCCCCCCCCCCCCC. The summed E-state index contributed by atoms with van der Waals surface area (Å²) in [5.74, 6) is -0.181. The standard InChI is InChI=1S/C78H145NO8/c1-3-5-7-9-11-13-15-17-19-21-23-25-27-29-31-33-34-35-36-37-38-40-42-44-46-48-50-52-54-56-58-60-62-64-66-68-74(82)79-71(70-86-78-77(85)76(84)75(83)73(69-80)87-78)72(81)67-65-63-61-59-57-55-53-51-49-47-45-43-41-39-32-30-28-26-24-22-20-18-16-14-12-10-8-6-4-2/h15,17,21,23,27,29,57,59,65,67,71-73,75-78,80-81,83-85H,3-14,16,18-20,22,24-26,28,30-56,58,60-64,66,68-70H2,1-2H3,(H,79,82)/b17-15-,23-21-,29-27-,59-57+,67-65+. The Morgan fingerprint density at radius 1 is 0.391 bits per heavy atom. The molecule has 7 unspecified atom stereocenters. The number of unbranched alkanes of at least 4 members (excludes halogenated alkanes) is 49. The first kappa shape index (κ1) is 82.9. The molecule has 9 nitrogen and oxygen atoms in total. The van der Waals surface area contributed by atoms with E-state index >= 15 is 0 Å². The molecule has 510 valence electrons. The summed E-state index contributed by atoms with van der Waals surface area (Å²) in [5.41, 5.74) is 0. The first-order valence-corrected chi connectivity index (χ1v) is 38.0. The van der Waals surface area contributed by atoms with Crippen LogP contribution in [-0.2, 0) is 14.3 Å². The second-order valence-electron chi connectivity index (χ2n) is 26.4. The van der Waals surface area contributed by atoms with Gasteiger partial charge in [0.25, 0.3) is 0 Å². The van der Waals surface area contributed by atoms with Gasteiger partial charge >= 0.3 is 0 Å². The molecule has 0 saturated carbocycles. The highest BCUT2D eigenvalue weighted by Gasteiger charge is 2.44. The second kappa shape index (κ2) is 66.8. The highest BCUT2D eigenvalue weighted by molar-refractivity contribution is 5.76. The normalized spacial score (nSPS) is 18.3. The zero-order valence-electron chi connectivity index (χ0n) is 57.3. The summed E-state index contributed by atoms with van der Waals surface area (Å²) < 4.78 is 11.3. The van der Waals surface area contributed by atoms with Crippen LogP contribution in [0.1, 0.15) is 373 Å². The third kappa shape index (κ3) is 55.3. The molecule has 1 saturated heterocycles. The molecule has 0 aromatic carbocycles. The number of carbonyl (C=O) groups excluding carboxylic acids is 1. The van der Waals surface area contributed by atoms with E-state index in [1.54, 1.807) is 6.08 Å². The monoisotopic (exact) mass is 1220 g/mol. The van der Waals surface area contributed by atoms with Crippen molar-refractivity contribution in [2.45, 2.75) is 416 Å². The molecule has 0 aromatic rings. The molecule has 1 aliphatic heterocycles. The van der Waals surface area contributed by atoms with Gasteiger partial charge in [0.1, 0.15) is 24.4 Å². The zero-order valence-corrected chi connectivity index (χ0v) is 57.3. The molecule has 0 spiro atoms. The first-order chi connectivity index (χ1) is 42.8. The van der Waals surface area contributed by atoms with Crippen LogP contribution in [0.3, 0.4) is 0 Å². The number of hydrogen-bond acceptors (Lipinski definition) is 8. The number of amides is 1. The third-order valence-electron chi connectivity index (χ3n) is 18.1. The van der Waals surface area contributed by atoms with E-state index in [-0.39, 0.29) is 12.5 Å². The van der Waals surface area contributed by atoms with Gasteiger partial charge in [-0.2, -0.15) is 0 Å². The van der Waals surface area contributed by atoms with Gasteiger partial charge in [0.2, 0.25) is 5.91 Å². The molecule has 1 rings (SSSR count). The van der Waals surface area contributed by atoms with Crippen LogP contribution in [-0.4, -0.2) is 87.5 Å². The van der Waals surface area contributed by atoms with Gasteiger partial charge in [-0.25, -0.2) is 0 Å². The van der Waals surface area contributed by atoms with Crippen molar-refractivity contribution in [2.24, 2.45) is 0 Å². The van der Waals surface area contributed by atoms with Crippen LogP contribution in [0, 0.1) is 0 Å². The van der Waals surface area contributed by atoms with Crippen molar-refractivity contribution in [2.75, 3.05) is 13.2 Å². The lowest BCUT2D eigenvalue weighted by Crippen LogP contribution is -2.60. The van der Waals surface area contributed by atoms with E-state index in [9.17, 15) is 30.3 Å². The molecular formula is C78H145NO8. The number of nitrogens with one attached hydrogen (secondary N) is 1. The Morgan fingerprint density at radius 2 is 0.690 bits per heavy atom. The topological polar surface area (TPSA) is 149 Å². The maximum absolute atomic E-state index is 13.2. The Hall–Kier alpha value is -2.11. The predicted molar refractivity (Wildman–Crippen MR) is 373 cm³/mol. The summed E-state index contributed by atoms with van der Waals surface area (Å²) in [6, 6.07) is -0.824. The minimum absolute atomic E-state index is 0.181. The number of aliphatic hydroxyl groups excluding tert-OH is 5. The molecule has 1 fully saturated rings. The van der Waals surface area contributed by atoms with Crippen molar-refractivity contribution < 1.29 is 39.8 Å². The van der Waals surface area contributed by atoms with Crippen molar-refractivity contribution in [1.29, 1.82) is 0 Å². The molecule has 1 heterocycles. The summed E-state index contributed by atoms with van der Waals surface area (Å²) in [7, 11) is 0. The fourth-order valence-electron chi connectivity index (χ4n) is 12.1. The summed E-state index contributed by atoms with van der Waals surface area (Å²) in [4.78, 5) is 13.2. The molecule has 0 radical (unpaired) electrons. The summed E-state index contributed by atoms with van der Waals surface area (Å²) in [5, 5.41) is 54.8. The highest BCUT2D eigenvalue weighted by atomic mass is 16.7. The predicted octanol–water partition coefficient (Wildman–Crippen LogP) is 21.3. The van der Waals surface area contributed by atoms with Crippen LogP contribution in [0.25, 0.3) is 0 Å². The molecule has 0 aliphatic carbocycles. The average molecular weight is 1230 g/mol. The average Bonchev–Trinajstić information content (AvgIpc) is 3.47. The van der Waals surface area contributed by atoms with E-state index in [1.165, 1.54) is 302 Å². The van der Waals surface area contributed by atoms with Crippen LogP contribution in [0.2, 0.25) is 0 Å². The Morgan fingerprint density at radius 3 is 1.05 bits per heavy atom. The van der Waals surface area contributed by atoms with Crippen molar-refractivity contribution >= 4 is 5.91 Å². The smallest absolute Gasteiger partial charge is 0.220 e. The maximum atomic E-state index is 13.2.